The van der Waals surface area contributed by atoms with E-state index in [1.165, 1.54) is 48.8 Å². The first-order valence-corrected chi connectivity index (χ1v) is 14.7. The van der Waals surface area contributed by atoms with E-state index in [4.69, 9.17) is 10.00 Å². The molecule has 1 saturated carbocycles. The van der Waals surface area contributed by atoms with Gasteiger partial charge < -0.3 is 4.74 Å². The van der Waals surface area contributed by atoms with E-state index in [1.807, 2.05) is 6.92 Å². The number of rotatable bonds is 15. The minimum Gasteiger partial charge on any atom is -0.494 e. The summed E-state index contributed by atoms with van der Waals surface area (Å²) in [5.74, 6) is 1.68. The number of benzene rings is 2. The standard InChI is InChI=1S/C34H46N2O/c1-3-4-5-9-22-34(27-36)23-20-32(21-24-34)30-14-12-29(13-15-30)31-16-18-33(19-17-31)37-25-10-7-6-8-11-28(2)26-35/h12-19,28,32H,3-11,20-25H2,1-2H3/t28-,32?,34?/m1/s1. The Kier molecular flexibility index (Phi) is 12.0. The number of hydrogen-bond acceptors (Lipinski definition) is 3. The van der Waals surface area contributed by atoms with E-state index >= 15 is 0 Å². The average Bonchev–Trinajstić information content (AvgIpc) is 2.95. The van der Waals surface area contributed by atoms with E-state index < -0.39 is 0 Å². The molecule has 0 unspecified atom stereocenters. The molecule has 0 aliphatic heterocycles. The molecule has 0 bridgehead atoms. The second-order valence-corrected chi connectivity index (χ2v) is 11.2. The van der Waals surface area contributed by atoms with Gasteiger partial charge in [0.2, 0.25) is 0 Å². The van der Waals surface area contributed by atoms with Gasteiger partial charge in [0.15, 0.2) is 0 Å². The number of ether oxygens (including phenoxy) is 1. The number of unbranched alkanes of at least 4 members (excludes halogenated alkanes) is 6. The number of nitriles is 2. The van der Waals surface area contributed by atoms with Crippen molar-refractivity contribution >= 4 is 0 Å². The first-order valence-electron chi connectivity index (χ1n) is 14.7. The Morgan fingerprint density at radius 3 is 2.08 bits per heavy atom. The molecule has 2 aromatic carbocycles. The summed E-state index contributed by atoms with van der Waals surface area (Å²) in [6, 6.07) is 22.5. The third-order valence-electron chi connectivity index (χ3n) is 8.28. The second-order valence-electron chi connectivity index (χ2n) is 11.2. The normalized spacial score (nSPS) is 20.1. The van der Waals surface area contributed by atoms with Crippen LogP contribution in [-0.4, -0.2) is 6.61 Å². The Hall–Kier alpha value is -2.78. The van der Waals surface area contributed by atoms with Crippen molar-refractivity contribution in [3.63, 3.8) is 0 Å². The second kappa shape index (κ2) is 15.5. The smallest absolute Gasteiger partial charge is 0.119 e. The molecule has 1 aliphatic rings. The van der Waals surface area contributed by atoms with E-state index in [9.17, 15) is 5.26 Å². The first kappa shape index (κ1) is 28.8. The molecule has 3 rings (SSSR count). The van der Waals surface area contributed by atoms with Crippen molar-refractivity contribution in [1.29, 1.82) is 10.5 Å². The van der Waals surface area contributed by atoms with Crippen LogP contribution in [0.25, 0.3) is 11.1 Å². The molecule has 37 heavy (non-hydrogen) atoms. The summed E-state index contributed by atoms with van der Waals surface area (Å²) in [5.41, 5.74) is 3.79. The Balaban J connectivity index is 1.41. The summed E-state index contributed by atoms with van der Waals surface area (Å²) in [4.78, 5) is 0. The van der Waals surface area contributed by atoms with Gasteiger partial charge in [-0.3, -0.25) is 0 Å². The summed E-state index contributed by atoms with van der Waals surface area (Å²) in [6.45, 7) is 4.98. The van der Waals surface area contributed by atoms with Crippen molar-refractivity contribution < 1.29 is 4.74 Å². The Morgan fingerprint density at radius 1 is 0.838 bits per heavy atom. The molecule has 3 heteroatoms. The molecule has 0 heterocycles. The fraction of sp³-hybridized carbons (Fsp3) is 0.588. The lowest BCUT2D eigenvalue weighted by molar-refractivity contribution is 0.223. The van der Waals surface area contributed by atoms with Gasteiger partial charge in [0, 0.05) is 5.92 Å². The summed E-state index contributed by atoms with van der Waals surface area (Å²) in [6.07, 6.45) is 15.9. The maximum Gasteiger partial charge on any atom is 0.119 e. The van der Waals surface area contributed by atoms with Crippen molar-refractivity contribution in [3.8, 4) is 29.0 Å². The molecular weight excluding hydrogens is 452 g/mol. The van der Waals surface area contributed by atoms with E-state index in [1.54, 1.807) is 0 Å². The van der Waals surface area contributed by atoms with Crippen LogP contribution in [-0.2, 0) is 0 Å². The molecule has 198 valence electrons. The lowest BCUT2D eigenvalue weighted by Crippen LogP contribution is -2.25. The third-order valence-corrected chi connectivity index (χ3v) is 8.28. The van der Waals surface area contributed by atoms with Gasteiger partial charge in [0.05, 0.1) is 24.2 Å². The molecule has 2 aromatic rings. The van der Waals surface area contributed by atoms with E-state index in [0.29, 0.717) is 5.92 Å². The molecule has 0 amide bonds. The fourth-order valence-corrected chi connectivity index (χ4v) is 5.66. The maximum atomic E-state index is 9.88. The van der Waals surface area contributed by atoms with Crippen molar-refractivity contribution in [2.45, 2.75) is 110 Å². The van der Waals surface area contributed by atoms with Crippen molar-refractivity contribution in [3.05, 3.63) is 54.1 Å². The average molecular weight is 499 g/mol. The Labute approximate surface area is 225 Å². The summed E-state index contributed by atoms with van der Waals surface area (Å²) in [5, 5.41) is 18.7. The zero-order valence-electron chi connectivity index (χ0n) is 23.2. The monoisotopic (exact) mass is 498 g/mol. The highest BCUT2D eigenvalue weighted by Crippen LogP contribution is 2.45. The SMILES string of the molecule is CCCCCCC1(C#N)CCC(c2ccc(-c3ccc(OCCCCCC[C@@H](C)C#N)cc3)cc2)CC1. The minimum absolute atomic E-state index is 0.0786. The Morgan fingerprint density at radius 2 is 1.46 bits per heavy atom. The van der Waals surface area contributed by atoms with Crippen LogP contribution in [0, 0.1) is 34.0 Å². The van der Waals surface area contributed by atoms with Crippen molar-refractivity contribution in [1.82, 2.24) is 0 Å². The van der Waals surface area contributed by atoms with Gasteiger partial charge in [-0.2, -0.15) is 10.5 Å². The topological polar surface area (TPSA) is 56.8 Å². The highest BCUT2D eigenvalue weighted by atomic mass is 16.5. The molecule has 0 aromatic heterocycles. The molecule has 1 atom stereocenters. The van der Waals surface area contributed by atoms with Gasteiger partial charge in [0.1, 0.15) is 5.75 Å². The maximum absolute atomic E-state index is 9.88. The van der Waals surface area contributed by atoms with Crippen LogP contribution in [0.1, 0.15) is 115 Å². The van der Waals surface area contributed by atoms with Crippen LogP contribution in [0.3, 0.4) is 0 Å². The molecule has 0 N–H and O–H groups in total. The summed E-state index contributed by atoms with van der Waals surface area (Å²) in [7, 11) is 0. The molecule has 1 aliphatic carbocycles. The zero-order chi connectivity index (χ0) is 26.3. The van der Waals surface area contributed by atoms with Gasteiger partial charge in [-0.05, 0) is 86.6 Å². The van der Waals surface area contributed by atoms with Crippen LogP contribution >= 0.6 is 0 Å². The fourth-order valence-electron chi connectivity index (χ4n) is 5.66. The van der Waals surface area contributed by atoms with E-state index in [-0.39, 0.29) is 11.3 Å². The van der Waals surface area contributed by atoms with Gasteiger partial charge in [-0.25, -0.2) is 0 Å². The lowest BCUT2D eigenvalue weighted by atomic mass is 9.67. The van der Waals surface area contributed by atoms with Crippen LogP contribution < -0.4 is 4.74 Å². The van der Waals surface area contributed by atoms with Gasteiger partial charge in [0.25, 0.3) is 0 Å². The molecule has 0 spiro atoms. The quantitative estimate of drug-likeness (QED) is 0.229. The van der Waals surface area contributed by atoms with Gasteiger partial charge >= 0.3 is 0 Å². The molecule has 0 radical (unpaired) electrons. The molecule has 3 nitrogen and oxygen atoms in total. The minimum atomic E-state index is -0.0786. The van der Waals surface area contributed by atoms with Crippen LogP contribution in [0.2, 0.25) is 0 Å². The Bertz CT molecular complexity index is 988. The van der Waals surface area contributed by atoms with Crippen molar-refractivity contribution in [2.24, 2.45) is 11.3 Å². The van der Waals surface area contributed by atoms with Crippen LogP contribution in [0.5, 0.6) is 5.75 Å². The van der Waals surface area contributed by atoms with Crippen molar-refractivity contribution in [2.75, 3.05) is 6.61 Å². The number of nitrogens with zero attached hydrogens (tertiary/aromatic N) is 2. The first-order chi connectivity index (χ1) is 18.1. The molecule has 0 saturated heterocycles. The van der Waals surface area contributed by atoms with Gasteiger partial charge in [-0.1, -0.05) is 88.3 Å². The number of hydrogen-bond donors (Lipinski definition) is 0. The van der Waals surface area contributed by atoms with Gasteiger partial charge in [-0.15, -0.1) is 0 Å². The summed E-state index contributed by atoms with van der Waals surface area (Å²) >= 11 is 0. The van der Waals surface area contributed by atoms with E-state index in [2.05, 4.69) is 67.6 Å². The molecular formula is C34H46N2O. The van der Waals surface area contributed by atoms with E-state index in [0.717, 1.165) is 70.1 Å². The predicted molar refractivity (Wildman–Crippen MR) is 153 cm³/mol. The molecule has 1 fully saturated rings. The van der Waals surface area contributed by atoms with Crippen LogP contribution in [0.15, 0.2) is 48.5 Å². The third kappa shape index (κ3) is 9.23. The largest absolute Gasteiger partial charge is 0.494 e. The lowest BCUT2D eigenvalue weighted by Gasteiger charge is -2.35. The van der Waals surface area contributed by atoms with Crippen LogP contribution in [0.4, 0.5) is 0 Å². The summed E-state index contributed by atoms with van der Waals surface area (Å²) < 4.78 is 5.93. The zero-order valence-corrected chi connectivity index (χ0v) is 23.2. The predicted octanol–water partition coefficient (Wildman–Crippen LogP) is 9.98. The highest BCUT2D eigenvalue weighted by Gasteiger charge is 2.35. The highest BCUT2D eigenvalue weighted by molar-refractivity contribution is 5.64.